The fourth-order valence-electron chi connectivity index (χ4n) is 2.68. The summed E-state index contributed by atoms with van der Waals surface area (Å²) >= 11 is 0. The number of carbonyl (C=O) groups excluding carboxylic acids is 1. The second-order valence-corrected chi connectivity index (χ2v) is 4.76. The third-order valence-electron chi connectivity index (χ3n) is 3.62. The minimum absolute atomic E-state index is 0.400. The van der Waals surface area contributed by atoms with Gasteiger partial charge in [-0.15, -0.1) is 0 Å². The molecule has 1 N–H and O–H groups in total. The number of aliphatic carboxylic acids is 1. The third-order valence-corrected chi connectivity index (χ3v) is 3.62. The van der Waals surface area contributed by atoms with Crippen LogP contribution in [0.1, 0.15) is 24.5 Å². The summed E-state index contributed by atoms with van der Waals surface area (Å²) in [4.78, 5) is 24.3. The Morgan fingerprint density at radius 2 is 1.94 bits per heavy atom. The van der Waals surface area contributed by atoms with Crippen LogP contribution in [0, 0.1) is 0 Å². The first-order valence-corrected chi connectivity index (χ1v) is 6.16. The predicted octanol–water partition coefficient (Wildman–Crippen LogP) is 1.48. The third kappa shape index (κ3) is 1.88. The molecule has 0 radical (unpaired) electrons. The summed E-state index contributed by atoms with van der Waals surface area (Å²) < 4.78 is 0. The Kier molecular flexibility index (Phi) is 3.36. The summed E-state index contributed by atoms with van der Waals surface area (Å²) in [5.41, 5.74) is 0.965. The smallest absolute Gasteiger partial charge is 0.330 e. The standard InChI is InChI=1S/C14H17NO3/c1-2-7-15(10-16)14(13(17)18)8-11-5-3-4-6-12(11)9-14/h3-6,10H,2,7-9H2,1H3,(H,17,18). The highest BCUT2D eigenvalue weighted by Gasteiger charge is 2.48. The summed E-state index contributed by atoms with van der Waals surface area (Å²) in [6.45, 7) is 2.41. The fraction of sp³-hybridized carbons (Fsp3) is 0.429. The number of carbonyl (C=O) groups is 2. The van der Waals surface area contributed by atoms with E-state index in [-0.39, 0.29) is 0 Å². The van der Waals surface area contributed by atoms with E-state index in [2.05, 4.69) is 0 Å². The molecule has 1 aromatic rings. The number of carboxylic acids is 1. The van der Waals surface area contributed by atoms with Crippen LogP contribution in [-0.2, 0) is 22.4 Å². The second-order valence-electron chi connectivity index (χ2n) is 4.76. The zero-order chi connectivity index (χ0) is 13.2. The van der Waals surface area contributed by atoms with Crippen LogP contribution < -0.4 is 0 Å². The van der Waals surface area contributed by atoms with Crippen molar-refractivity contribution in [3.8, 4) is 0 Å². The maximum Gasteiger partial charge on any atom is 0.330 e. The second kappa shape index (κ2) is 4.80. The van der Waals surface area contributed by atoms with Crippen LogP contribution in [0.4, 0.5) is 0 Å². The maximum atomic E-state index is 11.7. The van der Waals surface area contributed by atoms with Gasteiger partial charge in [0.15, 0.2) is 0 Å². The molecule has 0 atom stereocenters. The molecule has 0 bridgehead atoms. The summed E-state index contributed by atoms with van der Waals surface area (Å²) in [5, 5.41) is 9.56. The largest absolute Gasteiger partial charge is 0.479 e. The summed E-state index contributed by atoms with van der Waals surface area (Å²) in [6, 6.07) is 7.69. The Labute approximate surface area is 106 Å². The minimum Gasteiger partial charge on any atom is -0.479 e. The number of fused-ring (bicyclic) bond motifs is 1. The topological polar surface area (TPSA) is 57.6 Å². The Bertz CT molecular complexity index is 445. The molecule has 4 heteroatoms. The van der Waals surface area contributed by atoms with Crippen molar-refractivity contribution in [2.75, 3.05) is 6.54 Å². The molecule has 1 aliphatic rings. The Morgan fingerprint density at radius 3 is 2.33 bits per heavy atom. The molecule has 0 saturated heterocycles. The van der Waals surface area contributed by atoms with Gasteiger partial charge in [0.2, 0.25) is 6.41 Å². The van der Waals surface area contributed by atoms with Gasteiger partial charge in [-0.05, 0) is 17.5 Å². The van der Waals surface area contributed by atoms with Crippen molar-refractivity contribution in [1.82, 2.24) is 4.90 Å². The molecule has 0 heterocycles. The van der Waals surface area contributed by atoms with Gasteiger partial charge in [0.25, 0.3) is 0 Å². The molecule has 0 aliphatic heterocycles. The molecule has 1 aromatic carbocycles. The number of nitrogens with zero attached hydrogens (tertiary/aromatic N) is 1. The molecule has 0 spiro atoms. The van der Waals surface area contributed by atoms with Crippen LogP contribution in [0.5, 0.6) is 0 Å². The molecule has 96 valence electrons. The average Bonchev–Trinajstić information content (AvgIpc) is 2.76. The lowest BCUT2D eigenvalue weighted by molar-refractivity contribution is -0.154. The molecule has 4 nitrogen and oxygen atoms in total. The van der Waals surface area contributed by atoms with E-state index in [0.717, 1.165) is 17.5 Å². The number of rotatable bonds is 5. The lowest BCUT2D eigenvalue weighted by Gasteiger charge is -2.34. The molecule has 1 aliphatic carbocycles. The monoisotopic (exact) mass is 247 g/mol. The van der Waals surface area contributed by atoms with Crippen molar-refractivity contribution in [1.29, 1.82) is 0 Å². The van der Waals surface area contributed by atoms with Gasteiger partial charge >= 0.3 is 5.97 Å². The molecule has 2 rings (SSSR count). The van der Waals surface area contributed by atoms with Crippen LogP contribution >= 0.6 is 0 Å². The van der Waals surface area contributed by atoms with Gasteiger partial charge in [0.05, 0.1) is 0 Å². The van der Waals surface area contributed by atoms with Crippen LogP contribution in [0.3, 0.4) is 0 Å². The first-order valence-electron chi connectivity index (χ1n) is 6.16. The summed E-state index contributed by atoms with van der Waals surface area (Å²) in [5.74, 6) is -0.917. The zero-order valence-corrected chi connectivity index (χ0v) is 10.4. The van der Waals surface area contributed by atoms with Crippen molar-refractivity contribution in [3.63, 3.8) is 0 Å². The lowest BCUT2D eigenvalue weighted by Crippen LogP contribution is -2.55. The van der Waals surface area contributed by atoms with E-state index in [0.29, 0.717) is 25.8 Å². The van der Waals surface area contributed by atoms with Crippen molar-refractivity contribution >= 4 is 12.4 Å². The van der Waals surface area contributed by atoms with Gasteiger partial charge in [-0.1, -0.05) is 31.2 Å². The van der Waals surface area contributed by atoms with Crippen LogP contribution in [-0.4, -0.2) is 34.5 Å². The van der Waals surface area contributed by atoms with Gasteiger partial charge < -0.3 is 10.0 Å². The molecule has 0 unspecified atom stereocenters. The van der Waals surface area contributed by atoms with Crippen molar-refractivity contribution < 1.29 is 14.7 Å². The van der Waals surface area contributed by atoms with Gasteiger partial charge in [-0.2, -0.15) is 0 Å². The van der Waals surface area contributed by atoms with E-state index in [1.165, 1.54) is 4.90 Å². The van der Waals surface area contributed by atoms with Gasteiger partial charge in [-0.25, -0.2) is 4.79 Å². The first kappa shape index (κ1) is 12.6. The number of hydrogen-bond donors (Lipinski definition) is 1. The molecule has 0 aromatic heterocycles. The van der Waals surface area contributed by atoms with E-state index >= 15 is 0 Å². The molecule has 0 fully saturated rings. The van der Waals surface area contributed by atoms with Crippen molar-refractivity contribution in [2.24, 2.45) is 0 Å². The molecular formula is C14H17NO3. The van der Waals surface area contributed by atoms with Crippen molar-refractivity contribution in [3.05, 3.63) is 35.4 Å². The van der Waals surface area contributed by atoms with Crippen LogP contribution in [0.15, 0.2) is 24.3 Å². The normalized spacial score (nSPS) is 16.1. The van der Waals surface area contributed by atoms with E-state index in [1.807, 2.05) is 31.2 Å². The summed E-state index contributed by atoms with van der Waals surface area (Å²) in [7, 11) is 0. The van der Waals surface area contributed by atoms with E-state index in [1.54, 1.807) is 0 Å². The SMILES string of the molecule is CCCN(C=O)C1(C(=O)O)Cc2ccccc2C1. The highest BCUT2D eigenvalue weighted by atomic mass is 16.4. The Hall–Kier alpha value is -1.84. The number of carboxylic acid groups (broad SMARTS) is 1. The van der Waals surface area contributed by atoms with Crippen LogP contribution in [0.25, 0.3) is 0 Å². The fourth-order valence-corrected chi connectivity index (χ4v) is 2.68. The lowest BCUT2D eigenvalue weighted by atomic mass is 9.93. The molecule has 1 amide bonds. The Morgan fingerprint density at radius 1 is 1.39 bits per heavy atom. The first-order chi connectivity index (χ1) is 8.64. The van der Waals surface area contributed by atoms with Gasteiger partial charge in [-0.3, -0.25) is 4.79 Å². The quantitative estimate of drug-likeness (QED) is 0.802. The number of benzene rings is 1. The van der Waals surface area contributed by atoms with Crippen molar-refractivity contribution in [2.45, 2.75) is 31.7 Å². The number of amides is 1. The molecule has 18 heavy (non-hydrogen) atoms. The van der Waals surface area contributed by atoms with Crippen LogP contribution in [0.2, 0.25) is 0 Å². The Balaban J connectivity index is 2.38. The number of hydrogen-bond acceptors (Lipinski definition) is 2. The van der Waals surface area contributed by atoms with E-state index < -0.39 is 11.5 Å². The van der Waals surface area contributed by atoms with E-state index in [4.69, 9.17) is 0 Å². The molecule has 0 saturated carbocycles. The average molecular weight is 247 g/mol. The minimum atomic E-state index is -1.10. The molecular weight excluding hydrogens is 230 g/mol. The summed E-state index contributed by atoms with van der Waals surface area (Å²) in [6.07, 6.45) is 2.22. The highest BCUT2D eigenvalue weighted by Crippen LogP contribution is 2.34. The maximum absolute atomic E-state index is 11.7. The highest BCUT2D eigenvalue weighted by molar-refractivity contribution is 5.84. The van der Waals surface area contributed by atoms with Gasteiger partial charge in [0.1, 0.15) is 5.54 Å². The zero-order valence-electron chi connectivity index (χ0n) is 10.4. The predicted molar refractivity (Wildman–Crippen MR) is 67.3 cm³/mol. The van der Waals surface area contributed by atoms with E-state index in [9.17, 15) is 14.7 Å². The van der Waals surface area contributed by atoms with Gasteiger partial charge in [0, 0.05) is 19.4 Å².